The predicted octanol–water partition coefficient (Wildman–Crippen LogP) is 5.45. The van der Waals surface area contributed by atoms with Crippen molar-refractivity contribution in [1.29, 1.82) is 0 Å². The number of rotatable bonds is 9. The van der Waals surface area contributed by atoms with Gasteiger partial charge in [-0.15, -0.1) is 0 Å². The predicted molar refractivity (Wildman–Crippen MR) is 141 cm³/mol. The van der Waals surface area contributed by atoms with E-state index in [4.69, 9.17) is 9.47 Å². The van der Waals surface area contributed by atoms with E-state index in [9.17, 15) is 14.7 Å². The molecule has 7 nitrogen and oxygen atoms in total. The number of likely N-dealkylation sites (tertiary alicyclic amines) is 1. The molecule has 3 aromatic rings. The highest BCUT2D eigenvalue weighted by atomic mass is 16.5. The third kappa shape index (κ3) is 5.66. The Morgan fingerprint density at radius 1 is 1.05 bits per heavy atom. The molecule has 0 radical (unpaired) electrons. The second kappa shape index (κ2) is 11.3. The van der Waals surface area contributed by atoms with Gasteiger partial charge in [0.2, 0.25) is 0 Å². The van der Waals surface area contributed by atoms with Gasteiger partial charge in [-0.2, -0.15) is 0 Å². The molecular weight excluding hydrogens is 468 g/mol. The van der Waals surface area contributed by atoms with Crippen molar-refractivity contribution >= 4 is 17.4 Å². The minimum absolute atomic E-state index is 0.0528. The van der Waals surface area contributed by atoms with Crippen molar-refractivity contribution in [2.75, 3.05) is 13.2 Å². The molecule has 1 atom stereocenters. The van der Waals surface area contributed by atoms with Gasteiger partial charge in [-0.25, -0.2) is 0 Å². The van der Waals surface area contributed by atoms with Gasteiger partial charge in [0.15, 0.2) is 0 Å². The number of ketones is 1. The van der Waals surface area contributed by atoms with Gasteiger partial charge >= 0.3 is 0 Å². The molecular formula is C30H32N2O5. The molecule has 37 heavy (non-hydrogen) atoms. The number of aliphatic hydroxyl groups is 1. The lowest BCUT2D eigenvalue weighted by atomic mass is 9.93. The van der Waals surface area contributed by atoms with Gasteiger partial charge in [0.05, 0.1) is 24.8 Å². The number of aromatic nitrogens is 1. The monoisotopic (exact) mass is 500 g/mol. The van der Waals surface area contributed by atoms with Crippen LogP contribution in [0.5, 0.6) is 11.5 Å². The van der Waals surface area contributed by atoms with E-state index in [0.29, 0.717) is 41.8 Å². The smallest absolute Gasteiger partial charge is 0.295 e. The van der Waals surface area contributed by atoms with Gasteiger partial charge in [0.25, 0.3) is 11.7 Å². The zero-order valence-corrected chi connectivity index (χ0v) is 21.6. The van der Waals surface area contributed by atoms with Crippen molar-refractivity contribution in [3.05, 3.63) is 94.8 Å². The number of amides is 1. The minimum Gasteiger partial charge on any atom is -0.507 e. The van der Waals surface area contributed by atoms with Crippen LogP contribution in [0.1, 0.15) is 49.1 Å². The number of pyridine rings is 1. The van der Waals surface area contributed by atoms with E-state index in [0.717, 1.165) is 11.1 Å². The number of ether oxygens (including phenoxy) is 2. The summed E-state index contributed by atoms with van der Waals surface area (Å²) < 4.78 is 11.4. The molecule has 192 valence electrons. The van der Waals surface area contributed by atoms with E-state index in [-0.39, 0.29) is 17.9 Å². The Labute approximate surface area is 217 Å². The van der Waals surface area contributed by atoms with Crippen LogP contribution < -0.4 is 9.47 Å². The number of hydrogen-bond acceptors (Lipinski definition) is 6. The fourth-order valence-electron chi connectivity index (χ4n) is 4.39. The summed E-state index contributed by atoms with van der Waals surface area (Å²) in [6, 6.07) is 15.4. The topological polar surface area (TPSA) is 89.0 Å². The van der Waals surface area contributed by atoms with Crippen LogP contribution in [0.3, 0.4) is 0 Å². The summed E-state index contributed by atoms with van der Waals surface area (Å²) in [6.07, 6.45) is 3.31. The highest BCUT2D eigenvalue weighted by Crippen LogP contribution is 2.41. The van der Waals surface area contributed by atoms with Gasteiger partial charge < -0.3 is 19.5 Å². The fraction of sp³-hybridized carbons (Fsp3) is 0.300. The van der Waals surface area contributed by atoms with Crippen molar-refractivity contribution < 1.29 is 24.2 Å². The first kappa shape index (κ1) is 25.9. The number of Topliss-reactive ketones (excluding diaryl/α,β-unsaturated/α-hetero) is 1. The van der Waals surface area contributed by atoms with Crippen LogP contribution in [0.15, 0.2) is 72.6 Å². The van der Waals surface area contributed by atoms with E-state index in [1.807, 2.05) is 38.1 Å². The maximum atomic E-state index is 13.4. The molecule has 1 aliphatic rings. The van der Waals surface area contributed by atoms with Crippen LogP contribution in [-0.4, -0.2) is 39.9 Å². The number of hydrogen-bond donors (Lipinski definition) is 1. The molecule has 1 fully saturated rings. The summed E-state index contributed by atoms with van der Waals surface area (Å²) in [4.78, 5) is 32.2. The Morgan fingerprint density at radius 2 is 1.78 bits per heavy atom. The lowest BCUT2D eigenvalue weighted by Crippen LogP contribution is -2.29. The third-order valence-electron chi connectivity index (χ3n) is 6.16. The summed E-state index contributed by atoms with van der Waals surface area (Å²) in [6.45, 7) is 9.15. The maximum Gasteiger partial charge on any atom is 0.295 e. The zero-order chi connectivity index (χ0) is 26.5. The largest absolute Gasteiger partial charge is 0.507 e. The maximum absolute atomic E-state index is 13.4. The zero-order valence-electron chi connectivity index (χ0n) is 21.6. The van der Waals surface area contributed by atoms with E-state index in [2.05, 4.69) is 18.8 Å². The summed E-state index contributed by atoms with van der Waals surface area (Å²) in [5.74, 6) is 0.141. The van der Waals surface area contributed by atoms with Gasteiger partial charge in [-0.1, -0.05) is 32.0 Å². The summed E-state index contributed by atoms with van der Waals surface area (Å²) in [5.41, 5.74) is 2.75. The molecule has 2 heterocycles. The molecule has 2 aromatic carbocycles. The van der Waals surface area contributed by atoms with E-state index >= 15 is 0 Å². The average molecular weight is 501 g/mol. The standard InChI is InChI=1S/C30H32N2O5/c1-5-36-23-10-8-22(9-11-23)27-26(29(34)30(35)32(27)17-21-7-6-14-31-16-21)28(33)25-13-12-24(15-20(25)4)37-18-19(2)3/h6-16,19,27,33H,5,17-18H2,1-4H3/b28-26+/t27-/m0/s1. The molecule has 0 bridgehead atoms. The minimum atomic E-state index is -0.771. The van der Waals surface area contributed by atoms with Crippen LogP contribution >= 0.6 is 0 Å². The number of aryl methyl sites for hydroxylation is 1. The molecule has 4 rings (SSSR count). The summed E-state index contributed by atoms with van der Waals surface area (Å²) >= 11 is 0. The number of aliphatic hydroxyl groups excluding tert-OH is 1. The number of benzene rings is 2. The van der Waals surface area contributed by atoms with E-state index < -0.39 is 17.7 Å². The fourth-order valence-corrected chi connectivity index (χ4v) is 4.39. The van der Waals surface area contributed by atoms with Crippen molar-refractivity contribution in [2.24, 2.45) is 5.92 Å². The highest BCUT2D eigenvalue weighted by molar-refractivity contribution is 6.46. The second-order valence-corrected chi connectivity index (χ2v) is 9.47. The van der Waals surface area contributed by atoms with Gasteiger partial charge in [-0.3, -0.25) is 14.6 Å². The molecule has 1 N–H and O–H groups in total. The number of nitrogens with zero attached hydrogens (tertiary/aromatic N) is 2. The van der Waals surface area contributed by atoms with Crippen LogP contribution in [0.4, 0.5) is 0 Å². The summed E-state index contributed by atoms with van der Waals surface area (Å²) in [5, 5.41) is 11.5. The normalized spacial score (nSPS) is 16.9. The molecule has 1 amide bonds. The third-order valence-corrected chi connectivity index (χ3v) is 6.16. The van der Waals surface area contributed by atoms with Crippen LogP contribution in [0, 0.1) is 12.8 Å². The molecule has 1 aliphatic heterocycles. The molecule has 0 spiro atoms. The molecule has 0 unspecified atom stereocenters. The Balaban J connectivity index is 1.79. The van der Waals surface area contributed by atoms with Gasteiger partial charge in [-0.05, 0) is 72.9 Å². The van der Waals surface area contributed by atoms with Crippen molar-refractivity contribution in [2.45, 2.75) is 40.3 Å². The molecule has 0 saturated carbocycles. The SMILES string of the molecule is CCOc1ccc([C@H]2/C(=C(\O)c3ccc(OCC(C)C)cc3C)C(=O)C(=O)N2Cc2cccnc2)cc1. The van der Waals surface area contributed by atoms with Gasteiger partial charge in [0.1, 0.15) is 17.3 Å². The van der Waals surface area contributed by atoms with E-state index in [1.165, 1.54) is 4.90 Å². The molecule has 1 saturated heterocycles. The quantitative estimate of drug-likeness (QED) is 0.239. The van der Waals surface area contributed by atoms with Gasteiger partial charge in [0, 0.05) is 24.5 Å². The first-order valence-electron chi connectivity index (χ1n) is 12.4. The van der Waals surface area contributed by atoms with Crippen molar-refractivity contribution in [3.8, 4) is 11.5 Å². The highest BCUT2D eigenvalue weighted by Gasteiger charge is 2.46. The van der Waals surface area contributed by atoms with Crippen LogP contribution in [0.2, 0.25) is 0 Å². The lowest BCUT2D eigenvalue weighted by molar-refractivity contribution is -0.140. The Kier molecular flexibility index (Phi) is 7.92. The lowest BCUT2D eigenvalue weighted by Gasteiger charge is -2.25. The second-order valence-electron chi connectivity index (χ2n) is 9.47. The first-order chi connectivity index (χ1) is 17.8. The van der Waals surface area contributed by atoms with Crippen LogP contribution in [0.25, 0.3) is 5.76 Å². The van der Waals surface area contributed by atoms with Crippen molar-refractivity contribution in [1.82, 2.24) is 9.88 Å². The molecule has 1 aromatic heterocycles. The molecule has 7 heteroatoms. The van der Waals surface area contributed by atoms with Crippen molar-refractivity contribution in [3.63, 3.8) is 0 Å². The Hall–Kier alpha value is -4.13. The molecule has 0 aliphatic carbocycles. The summed E-state index contributed by atoms with van der Waals surface area (Å²) in [7, 11) is 0. The number of carbonyl (C=O) groups is 2. The first-order valence-corrected chi connectivity index (χ1v) is 12.4. The average Bonchev–Trinajstić information content (AvgIpc) is 3.13. The Morgan fingerprint density at radius 3 is 2.41 bits per heavy atom. The van der Waals surface area contributed by atoms with E-state index in [1.54, 1.807) is 42.7 Å². The number of carbonyl (C=O) groups excluding carboxylic acids is 2. The Bertz CT molecular complexity index is 1300. The van der Waals surface area contributed by atoms with Crippen LogP contribution in [-0.2, 0) is 16.1 Å².